The Labute approximate surface area is 136 Å². The Morgan fingerprint density at radius 2 is 2.00 bits per heavy atom. The summed E-state index contributed by atoms with van der Waals surface area (Å²) in [5.74, 6) is 0.952. The number of anilines is 1. The third-order valence-corrected chi connectivity index (χ3v) is 4.93. The summed E-state index contributed by atoms with van der Waals surface area (Å²) in [7, 11) is 0. The molecule has 2 heterocycles. The number of piperazine rings is 1. The van der Waals surface area contributed by atoms with Crippen molar-refractivity contribution >= 4 is 17.6 Å². The van der Waals surface area contributed by atoms with Gasteiger partial charge < -0.3 is 15.1 Å². The van der Waals surface area contributed by atoms with Crippen LogP contribution in [-0.2, 0) is 9.59 Å². The molecule has 2 amide bonds. The van der Waals surface area contributed by atoms with Gasteiger partial charge in [0.25, 0.3) is 5.91 Å². The average molecular weight is 320 g/mol. The normalized spacial score (nSPS) is 20.0. The molecule has 1 saturated heterocycles. The average Bonchev–Trinajstić information content (AvgIpc) is 3.18. The van der Waals surface area contributed by atoms with Gasteiger partial charge in [-0.05, 0) is 12.8 Å². The number of quaternary nitrogens is 1. The zero-order chi connectivity index (χ0) is 16.2. The minimum absolute atomic E-state index is 0.0241. The molecule has 126 valence electrons. The number of hydrogen-bond acceptors (Lipinski definition) is 3. The van der Waals surface area contributed by atoms with Gasteiger partial charge in [0.15, 0.2) is 6.54 Å². The zero-order valence-electron chi connectivity index (χ0n) is 13.8. The summed E-state index contributed by atoms with van der Waals surface area (Å²) in [6, 6.07) is 2.30. The van der Waals surface area contributed by atoms with Gasteiger partial charge in [0.1, 0.15) is 5.82 Å². The first-order valence-electron chi connectivity index (χ1n) is 8.56. The minimum Gasteiger partial charge on any atom is -0.332 e. The number of nitrogens with one attached hydrogen (secondary N) is 2. The van der Waals surface area contributed by atoms with Gasteiger partial charge in [-0.1, -0.05) is 12.8 Å². The third kappa shape index (κ3) is 3.90. The molecular formula is C16H26N5O2+. The molecule has 1 aromatic rings. The topological polar surface area (TPSA) is 71.7 Å². The molecule has 0 aromatic carbocycles. The number of carbonyl (C=O) groups excluding carboxylic acids is 2. The lowest BCUT2D eigenvalue weighted by Gasteiger charge is -2.31. The maximum atomic E-state index is 12.3. The van der Waals surface area contributed by atoms with Crippen molar-refractivity contribution in [2.45, 2.75) is 38.6 Å². The monoisotopic (exact) mass is 320 g/mol. The minimum atomic E-state index is 0.0241. The Balaban J connectivity index is 1.50. The van der Waals surface area contributed by atoms with Gasteiger partial charge in [0.05, 0.1) is 38.4 Å². The van der Waals surface area contributed by atoms with E-state index in [2.05, 4.69) is 10.4 Å². The fraction of sp³-hybridized carbons (Fsp3) is 0.688. The van der Waals surface area contributed by atoms with Crippen molar-refractivity contribution in [2.75, 3.05) is 38.0 Å². The molecule has 7 heteroatoms. The second-order valence-electron chi connectivity index (χ2n) is 6.58. The van der Waals surface area contributed by atoms with Crippen molar-refractivity contribution in [3.63, 3.8) is 0 Å². The first-order valence-corrected chi connectivity index (χ1v) is 8.56. The molecule has 0 atom stereocenters. The fourth-order valence-corrected chi connectivity index (χ4v) is 3.58. The number of nitrogens with zero attached hydrogens (tertiary/aromatic N) is 3. The van der Waals surface area contributed by atoms with Gasteiger partial charge in [0.2, 0.25) is 5.91 Å². The molecule has 0 unspecified atom stereocenters. The highest BCUT2D eigenvalue weighted by molar-refractivity contribution is 5.90. The van der Waals surface area contributed by atoms with Crippen LogP contribution in [0.2, 0.25) is 0 Å². The summed E-state index contributed by atoms with van der Waals surface area (Å²) in [5.41, 5.74) is 0. The van der Waals surface area contributed by atoms with Crippen LogP contribution in [0.25, 0.3) is 0 Å². The molecule has 7 nitrogen and oxygen atoms in total. The summed E-state index contributed by atoms with van der Waals surface area (Å²) in [6.07, 6.45) is 6.52. The van der Waals surface area contributed by atoms with Crippen LogP contribution in [0.5, 0.6) is 0 Å². The Morgan fingerprint density at radius 3 is 2.65 bits per heavy atom. The molecular weight excluding hydrogens is 294 g/mol. The molecule has 0 bridgehead atoms. The van der Waals surface area contributed by atoms with Gasteiger partial charge in [-0.15, -0.1) is 0 Å². The van der Waals surface area contributed by atoms with Crippen molar-refractivity contribution in [2.24, 2.45) is 0 Å². The van der Waals surface area contributed by atoms with Crippen molar-refractivity contribution in [3.05, 3.63) is 12.3 Å². The molecule has 1 saturated carbocycles. The van der Waals surface area contributed by atoms with Gasteiger partial charge in [-0.3, -0.25) is 9.59 Å². The number of aromatic nitrogens is 2. The number of hydrogen-bond donors (Lipinski definition) is 2. The summed E-state index contributed by atoms with van der Waals surface area (Å²) in [6.45, 7) is 5.17. The van der Waals surface area contributed by atoms with E-state index < -0.39 is 0 Å². The molecule has 23 heavy (non-hydrogen) atoms. The number of carbonyl (C=O) groups is 2. The van der Waals surface area contributed by atoms with Gasteiger partial charge >= 0.3 is 0 Å². The predicted molar refractivity (Wildman–Crippen MR) is 86.2 cm³/mol. The van der Waals surface area contributed by atoms with Crippen molar-refractivity contribution in [1.29, 1.82) is 0 Å². The van der Waals surface area contributed by atoms with Crippen molar-refractivity contribution < 1.29 is 14.5 Å². The maximum Gasteiger partial charge on any atom is 0.280 e. The van der Waals surface area contributed by atoms with Crippen molar-refractivity contribution in [3.8, 4) is 0 Å². The van der Waals surface area contributed by atoms with Crippen LogP contribution >= 0.6 is 0 Å². The molecule has 1 aliphatic carbocycles. The summed E-state index contributed by atoms with van der Waals surface area (Å²) in [5, 5.41) is 7.39. The fourth-order valence-electron chi connectivity index (χ4n) is 3.58. The van der Waals surface area contributed by atoms with E-state index in [1.54, 1.807) is 13.1 Å². The van der Waals surface area contributed by atoms with E-state index in [-0.39, 0.29) is 11.8 Å². The first kappa shape index (κ1) is 16.0. The third-order valence-electron chi connectivity index (χ3n) is 4.93. The van der Waals surface area contributed by atoms with E-state index in [9.17, 15) is 9.59 Å². The molecule has 2 fully saturated rings. The van der Waals surface area contributed by atoms with E-state index in [0.29, 0.717) is 12.6 Å². The highest BCUT2D eigenvalue weighted by Crippen LogP contribution is 2.31. The summed E-state index contributed by atoms with van der Waals surface area (Å²) >= 11 is 0. The van der Waals surface area contributed by atoms with Crippen LogP contribution in [0.3, 0.4) is 0 Å². The van der Waals surface area contributed by atoms with E-state index >= 15 is 0 Å². The van der Waals surface area contributed by atoms with Gasteiger partial charge in [0, 0.05) is 13.0 Å². The smallest absolute Gasteiger partial charge is 0.280 e. The Hall–Kier alpha value is -1.89. The van der Waals surface area contributed by atoms with Crippen LogP contribution in [0.15, 0.2) is 12.3 Å². The van der Waals surface area contributed by atoms with E-state index in [1.807, 2.05) is 15.6 Å². The van der Waals surface area contributed by atoms with E-state index in [1.165, 1.54) is 17.7 Å². The van der Waals surface area contributed by atoms with Crippen molar-refractivity contribution in [1.82, 2.24) is 14.7 Å². The molecule has 1 aromatic heterocycles. The molecule has 0 radical (unpaired) electrons. The first-order chi connectivity index (χ1) is 11.1. The Morgan fingerprint density at radius 1 is 1.30 bits per heavy atom. The molecule has 2 aliphatic rings. The van der Waals surface area contributed by atoms with Crippen LogP contribution in [0, 0.1) is 0 Å². The van der Waals surface area contributed by atoms with E-state index in [4.69, 9.17) is 0 Å². The highest BCUT2D eigenvalue weighted by atomic mass is 16.2. The number of amides is 2. The van der Waals surface area contributed by atoms with Crippen LogP contribution in [0.1, 0.15) is 38.6 Å². The lowest BCUT2D eigenvalue weighted by Crippen LogP contribution is -3.15. The van der Waals surface area contributed by atoms with Crippen LogP contribution in [0.4, 0.5) is 5.82 Å². The Kier molecular flexibility index (Phi) is 4.95. The predicted octanol–water partition coefficient (Wildman–Crippen LogP) is -0.316. The second kappa shape index (κ2) is 7.12. The SMILES string of the molecule is CC(=O)N1CC[NH+](CC(=O)Nc2ccnn2C2CCCC2)CC1. The van der Waals surface area contributed by atoms with E-state index in [0.717, 1.165) is 44.8 Å². The van der Waals surface area contributed by atoms with Crippen LogP contribution < -0.4 is 10.2 Å². The lowest BCUT2D eigenvalue weighted by molar-refractivity contribution is -0.895. The second-order valence-corrected chi connectivity index (χ2v) is 6.58. The quantitative estimate of drug-likeness (QED) is 0.799. The largest absolute Gasteiger partial charge is 0.332 e. The lowest BCUT2D eigenvalue weighted by atomic mass is 10.2. The standard InChI is InChI=1S/C16H25N5O2/c1-13(22)20-10-8-19(9-11-20)12-16(23)18-15-6-7-17-21(15)14-4-2-3-5-14/h6-7,14H,2-5,8-12H2,1H3,(H,18,23)/p+1. The van der Waals surface area contributed by atoms with Gasteiger partial charge in [-0.25, -0.2) is 4.68 Å². The van der Waals surface area contributed by atoms with Crippen LogP contribution in [-0.4, -0.2) is 59.2 Å². The molecule has 3 rings (SSSR count). The van der Waals surface area contributed by atoms with Gasteiger partial charge in [-0.2, -0.15) is 5.10 Å². The zero-order valence-corrected chi connectivity index (χ0v) is 13.8. The summed E-state index contributed by atoms with van der Waals surface area (Å²) in [4.78, 5) is 26.7. The maximum absolute atomic E-state index is 12.3. The highest BCUT2D eigenvalue weighted by Gasteiger charge is 2.25. The molecule has 0 spiro atoms. The number of rotatable bonds is 4. The molecule has 2 N–H and O–H groups in total. The Bertz CT molecular complexity index is 557. The summed E-state index contributed by atoms with van der Waals surface area (Å²) < 4.78 is 1.97. The molecule has 1 aliphatic heterocycles.